The van der Waals surface area contributed by atoms with Crippen LogP contribution in [0.4, 0.5) is 11.6 Å². The van der Waals surface area contributed by atoms with Gasteiger partial charge in [-0.3, -0.25) is 13.9 Å². The van der Waals surface area contributed by atoms with Gasteiger partial charge in [-0.05, 0) is 25.3 Å². The highest BCUT2D eigenvalue weighted by Crippen LogP contribution is 2.24. The Morgan fingerprint density at radius 3 is 2.74 bits per heavy atom. The monoisotopic (exact) mass is 372 g/mol. The normalized spacial score (nSPS) is 15.4. The van der Waals surface area contributed by atoms with Crippen LogP contribution in [0.15, 0.2) is 28.0 Å². The van der Waals surface area contributed by atoms with Crippen LogP contribution in [-0.2, 0) is 18.8 Å². The molecule has 4 heterocycles. The van der Waals surface area contributed by atoms with Crippen LogP contribution in [0.25, 0.3) is 11.2 Å². The summed E-state index contributed by atoms with van der Waals surface area (Å²) in [5.41, 5.74) is 2.67. The lowest BCUT2D eigenvalue weighted by atomic mass is 10.1. The molecule has 0 atom stereocenters. The Balaban J connectivity index is 0.00000225. The molecule has 1 N–H and O–H groups in total. The quantitative estimate of drug-likeness (QED) is 0.748. The van der Waals surface area contributed by atoms with Gasteiger partial charge in [-0.25, -0.2) is 9.78 Å². The van der Waals surface area contributed by atoms with Gasteiger partial charge in [-0.15, -0.1) is 0 Å². The minimum Gasteiger partial charge on any atom is -0.381 e. The maximum absolute atomic E-state index is 12.8. The Labute approximate surface area is 156 Å². The lowest BCUT2D eigenvalue weighted by Crippen LogP contribution is -2.30. The number of aromatic nitrogens is 5. The van der Waals surface area contributed by atoms with Crippen molar-refractivity contribution in [2.45, 2.75) is 25.8 Å². The standard InChI is InChI=1S/C18H22N6O3.H2/c1-11-8-15(25)22(2)10-13(11)20-17-19-9-14-16(21-17)24(18(26)23(14)3)12-4-6-27-7-5-12;/h8-10,12H,4-7H2,1-3H3,(H,19,20,21);1H. The lowest BCUT2D eigenvalue weighted by molar-refractivity contribution is 0.0695. The molecule has 9 nitrogen and oxygen atoms in total. The van der Waals surface area contributed by atoms with Crippen molar-refractivity contribution in [3.05, 3.63) is 44.9 Å². The van der Waals surface area contributed by atoms with Gasteiger partial charge in [0.1, 0.15) is 5.52 Å². The van der Waals surface area contributed by atoms with Crippen molar-refractivity contribution in [3.63, 3.8) is 0 Å². The number of rotatable bonds is 3. The van der Waals surface area contributed by atoms with Crippen molar-refractivity contribution in [1.82, 2.24) is 23.7 Å². The molecule has 0 saturated carbocycles. The summed E-state index contributed by atoms with van der Waals surface area (Å²) in [6, 6.07) is 1.62. The molecule has 0 radical (unpaired) electrons. The molecule has 3 aromatic heterocycles. The maximum atomic E-state index is 12.8. The Bertz CT molecular complexity index is 1130. The molecule has 144 valence electrons. The first-order chi connectivity index (χ1) is 13.0. The van der Waals surface area contributed by atoms with Gasteiger partial charge in [-0.1, -0.05) is 0 Å². The van der Waals surface area contributed by atoms with E-state index in [0.717, 1.165) is 24.1 Å². The van der Waals surface area contributed by atoms with Gasteiger partial charge >= 0.3 is 5.69 Å². The third-order valence-electron chi connectivity index (χ3n) is 5.07. The lowest BCUT2D eigenvalue weighted by Gasteiger charge is -2.22. The molecule has 27 heavy (non-hydrogen) atoms. The number of hydrogen-bond donors (Lipinski definition) is 1. The number of hydrogen-bond acceptors (Lipinski definition) is 6. The number of fused-ring (bicyclic) bond motifs is 1. The molecule has 0 amide bonds. The first kappa shape index (κ1) is 17.5. The van der Waals surface area contributed by atoms with E-state index in [4.69, 9.17) is 4.74 Å². The van der Waals surface area contributed by atoms with Crippen molar-refractivity contribution in [1.29, 1.82) is 0 Å². The van der Waals surface area contributed by atoms with E-state index in [2.05, 4.69) is 15.3 Å². The Morgan fingerprint density at radius 1 is 1.26 bits per heavy atom. The SMILES string of the molecule is Cc1cc(=O)n(C)cc1Nc1ncc2c(n1)n(C1CCOCC1)c(=O)n2C.[HH]. The van der Waals surface area contributed by atoms with E-state index in [1.54, 1.807) is 41.7 Å². The van der Waals surface area contributed by atoms with Crippen LogP contribution >= 0.6 is 0 Å². The Morgan fingerprint density at radius 2 is 2.00 bits per heavy atom. The van der Waals surface area contributed by atoms with E-state index in [1.807, 2.05) is 6.92 Å². The highest BCUT2D eigenvalue weighted by molar-refractivity contribution is 5.73. The third-order valence-corrected chi connectivity index (χ3v) is 5.07. The fraction of sp³-hybridized carbons (Fsp3) is 0.444. The molecule has 0 aromatic carbocycles. The van der Waals surface area contributed by atoms with E-state index in [9.17, 15) is 9.59 Å². The van der Waals surface area contributed by atoms with Crippen molar-refractivity contribution >= 4 is 22.8 Å². The number of ether oxygens (including phenoxy) is 1. The zero-order valence-corrected chi connectivity index (χ0v) is 15.6. The largest absolute Gasteiger partial charge is 0.381 e. The van der Waals surface area contributed by atoms with Crippen molar-refractivity contribution < 1.29 is 6.16 Å². The van der Waals surface area contributed by atoms with E-state index in [1.165, 1.54) is 4.57 Å². The number of nitrogens with zero attached hydrogens (tertiary/aromatic N) is 5. The zero-order valence-electron chi connectivity index (χ0n) is 15.6. The average molecular weight is 372 g/mol. The summed E-state index contributed by atoms with van der Waals surface area (Å²) < 4.78 is 10.2. The van der Waals surface area contributed by atoms with Crippen LogP contribution in [0, 0.1) is 6.92 Å². The molecular weight excluding hydrogens is 348 g/mol. The topological polar surface area (TPSA) is 96.0 Å². The van der Waals surface area contributed by atoms with E-state index < -0.39 is 0 Å². The van der Waals surface area contributed by atoms with E-state index >= 15 is 0 Å². The summed E-state index contributed by atoms with van der Waals surface area (Å²) >= 11 is 0. The van der Waals surface area contributed by atoms with Crippen molar-refractivity contribution in [3.8, 4) is 0 Å². The Kier molecular flexibility index (Phi) is 4.31. The summed E-state index contributed by atoms with van der Waals surface area (Å²) in [6.07, 6.45) is 4.93. The van der Waals surface area contributed by atoms with Gasteiger partial charge in [0.15, 0.2) is 5.65 Å². The minimum atomic E-state index is -0.0957. The fourth-order valence-corrected chi connectivity index (χ4v) is 3.44. The predicted octanol–water partition coefficient (Wildman–Crippen LogP) is 1.48. The number of aryl methyl sites for hydroxylation is 3. The molecule has 4 rings (SSSR count). The summed E-state index contributed by atoms with van der Waals surface area (Å²) in [4.78, 5) is 33.4. The molecule has 1 aliphatic heterocycles. The second-order valence-corrected chi connectivity index (χ2v) is 6.90. The maximum Gasteiger partial charge on any atom is 0.330 e. The fourth-order valence-electron chi connectivity index (χ4n) is 3.44. The number of anilines is 2. The number of pyridine rings is 1. The summed E-state index contributed by atoms with van der Waals surface area (Å²) in [6.45, 7) is 3.13. The van der Waals surface area contributed by atoms with Crippen LogP contribution in [0.2, 0.25) is 0 Å². The molecule has 1 aliphatic rings. The molecule has 1 saturated heterocycles. The van der Waals surface area contributed by atoms with Crippen LogP contribution in [0.5, 0.6) is 0 Å². The molecular formula is C18H24N6O3. The first-order valence-electron chi connectivity index (χ1n) is 8.91. The van der Waals surface area contributed by atoms with Crippen molar-refractivity contribution in [2.75, 3.05) is 18.5 Å². The summed E-state index contributed by atoms with van der Waals surface area (Å²) in [5, 5.41) is 3.16. The summed E-state index contributed by atoms with van der Waals surface area (Å²) in [7, 11) is 3.42. The van der Waals surface area contributed by atoms with Crippen LogP contribution < -0.4 is 16.6 Å². The second kappa shape index (κ2) is 6.66. The van der Waals surface area contributed by atoms with Gasteiger partial charge in [0.05, 0.1) is 11.9 Å². The highest BCUT2D eigenvalue weighted by atomic mass is 16.5. The second-order valence-electron chi connectivity index (χ2n) is 6.90. The predicted molar refractivity (Wildman–Crippen MR) is 104 cm³/mol. The van der Waals surface area contributed by atoms with Gasteiger partial charge in [-0.2, -0.15) is 4.98 Å². The molecule has 3 aromatic rings. The number of nitrogens with one attached hydrogen (secondary N) is 1. The highest BCUT2D eigenvalue weighted by Gasteiger charge is 2.23. The molecule has 9 heteroatoms. The van der Waals surface area contributed by atoms with Gasteiger partial charge < -0.3 is 14.6 Å². The molecule has 1 fully saturated rings. The van der Waals surface area contributed by atoms with Gasteiger partial charge in [0, 0.05) is 47.0 Å². The zero-order chi connectivity index (χ0) is 19.1. The van der Waals surface area contributed by atoms with Crippen LogP contribution in [0.3, 0.4) is 0 Å². The van der Waals surface area contributed by atoms with E-state index in [-0.39, 0.29) is 18.7 Å². The van der Waals surface area contributed by atoms with Crippen LogP contribution in [0.1, 0.15) is 25.9 Å². The molecule has 0 unspecified atom stereocenters. The smallest absolute Gasteiger partial charge is 0.330 e. The average Bonchev–Trinajstić information content (AvgIpc) is 2.91. The van der Waals surface area contributed by atoms with Crippen molar-refractivity contribution in [2.24, 2.45) is 14.1 Å². The number of imidazole rings is 1. The van der Waals surface area contributed by atoms with Gasteiger partial charge in [0.25, 0.3) is 5.56 Å². The summed E-state index contributed by atoms with van der Waals surface area (Å²) in [5.74, 6) is 0.385. The Hall–Kier alpha value is -2.94. The minimum absolute atomic E-state index is 0. The first-order valence-corrected chi connectivity index (χ1v) is 8.91. The van der Waals surface area contributed by atoms with Crippen LogP contribution in [-0.4, -0.2) is 36.9 Å². The molecule has 0 bridgehead atoms. The third kappa shape index (κ3) is 3.03. The molecule has 0 aliphatic carbocycles. The van der Waals surface area contributed by atoms with Gasteiger partial charge in [0.2, 0.25) is 5.95 Å². The van der Waals surface area contributed by atoms with E-state index in [0.29, 0.717) is 30.3 Å². The molecule has 0 spiro atoms.